The molecule has 1 atom stereocenters. The highest BCUT2D eigenvalue weighted by atomic mass is 35.5. The summed E-state index contributed by atoms with van der Waals surface area (Å²) in [6.07, 6.45) is 1.68. The van der Waals surface area contributed by atoms with E-state index in [0.717, 1.165) is 30.6 Å². The summed E-state index contributed by atoms with van der Waals surface area (Å²) in [6, 6.07) is 12.6. The summed E-state index contributed by atoms with van der Waals surface area (Å²) in [7, 11) is 0. The van der Waals surface area contributed by atoms with Crippen molar-refractivity contribution in [1.82, 2.24) is 9.80 Å². The quantitative estimate of drug-likeness (QED) is 0.646. The Morgan fingerprint density at radius 3 is 2.58 bits per heavy atom. The zero-order valence-electron chi connectivity index (χ0n) is 18.3. The van der Waals surface area contributed by atoms with Crippen LogP contribution in [0.1, 0.15) is 39.1 Å². The summed E-state index contributed by atoms with van der Waals surface area (Å²) in [5.41, 5.74) is 2.29. The zero-order chi connectivity index (χ0) is 22.9. The highest BCUT2D eigenvalue weighted by Crippen LogP contribution is 2.35. The molecule has 0 spiro atoms. The Hall–Kier alpha value is -2.90. The Bertz CT molecular complexity index is 1100. The van der Waals surface area contributed by atoms with Crippen molar-refractivity contribution in [2.24, 2.45) is 5.92 Å². The minimum atomic E-state index is -0.313. The standard InChI is InChI=1S/C25H26ClN3O4/c26-20-8-2-1-5-17(20)16-29-24(31)19-7-3-9-21(22(19)25(29)32)28-10-4-6-18(15-28)23(30)27-11-13-33-14-12-27/h1-3,5,7-9,18H,4,6,10-16H2/t18-/m0/s1. The number of piperidine rings is 1. The van der Waals surface area contributed by atoms with Crippen LogP contribution in [0.2, 0.25) is 5.02 Å². The predicted molar refractivity (Wildman–Crippen MR) is 124 cm³/mol. The molecule has 0 unspecified atom stereocenters. The van der Waals surface area contributed by atoms with Crippen molar-refractivity contribution in [3.63, 3.8) is 0 Å². The molecule has 8 heteroatoms. The van der Waals surface area contributed by atoms with Crippen LogP contribution in [0.25, 0.3) is 0 Å². The highest BCUT2D eigenvalue weighted by Gasteiger charge is 2.40. The third-order valence-electron chi connectivity index (χ3n) is 6.70. The van der Waals surface area contributed by atoms with Gasteiger partial charge in [-0.25, -0.2) is 0 Å². The monoisotopic (exact) mass is 467 g/mol. The third kappa shape index (κ3) is 4.11. The number of carbonyl (C=O) groups is 3. The number of hydrogen-bond acceptors (Lipinski definition) is 5. The van der Waals surface area contributed by atoms with E-state index in [1.165, 1.54) is 4.90 Å². The Balaban J connectivity index is 1.38. The molecule has 0 bridgehead atoms. The van der Waals surface area contributed by atoms with Crippen LogP contribution in [0.3, 0.4) is 0 Å². The first kappa shape index (κ1) is 21.9. The van der Waals surface area contributed by atoms with Gasteiger partial charge in [0.05, 0.1) is 42.5 Å². The molecule has 0 N–H and O–H groups in total. The van der Waals surface area contributed by atoms with Gasteiger partial charge in [0.1, 0.15) is 0 Å². The number of morpholine rings is 1. The first-order valence-electron chi connectivity index (χ1n) is 11.4. The lowest BCUT2D eigenvalue weighted by Crippen LogP contribution is -2.48. The van der Waals surface area contributed by atoms with E-state index in [1.54, 1.807) is 12.1 Å². The van der Waals surface area contributed by atoms with Crippen molar-refractivity contribution in [1.29, 1.82) is 0 Å². The van der Waals surface area contributed by atoms with E-state index < -0.39 is 0 Å². The lowest BCUT2D eigenvalue weighted by atomic mass is 9.94. The number of anilines is 1. The zero-order valence-corrected chi connectivity index (χ0v) is 19.1. The number of hydrogen-bond donors (Lipinski definition) is 0. The fraction of sp³-hybridized carbons (Fsp3) is 0.400. The van der Waals surface area contributed by atoms with Crippen LogP contribution in [-0.2, 0) is 16.1 Å². The molecule has 33 heavy (non-hydrogen) atoms. The molecule has 0 saturated carbocycles. The second-order valence-corrected chi connectivity index (χ2v) is 9.12. The number of halogens is 1. The van der Waals surface area contributed by atoms with E-state index in [1.807, 2.05) is 35.2 Å². The van der Waals surface area contributed by atoms with Gasteiger partial charge in [-0.05, 0) is 36.6 Å². The van der Waals surface area contributed by atoms with Crippen LogP contribution in [0.15, 0.2) is 42.5 Å². The van der Waals surface area contributed by atoms with Gasteiger partial charge in [0.25, 0.3) is 11.8 Å². The second-order valence-electron chi connectivity index (χ2n) is 8.71. The smallest absolute Gasteiger partial charge is 0.263 e. The lowest BCUT2D eigenvalue weighted by molar-refractivity contribution is -0.139. The molecule has 0 aliphatic carbocycles. The number of imide groups is 1. The number of nitrogens with zero attached hydrogens (tertiary/aromatic N) is 3. The fourth-order valence-corrected chi connectivity index (χ4v) is 5.15. The highest BCUT2D eigenvalue weighted by molar-refractivity contribution is 6.31. The van der Waals surface area contributed by atoms with Crippen LogP contribution in [0.5, 0.6) is 0 Å². The molecule has 3 aliphatic rings. The Kier molecular flexibility index (Phi) is 6.08. The Morgan fingerprint density at radius 1 is 1.00 bits per heavy atom. The van der Waals surface area contributed by atoms with Gasteiger partial charge in [0.2, 0.25) is 5.91 Å². The molecule has 2 aromatic rings. The second kappa shape index (κ2) is 9.15. The van der Waals surface area contributed by atoms with Crippen LogP contribution in [0, 0.1) is 5.92 Å². The molecule has 3 aliphatic heterocycles. The summed E-state index contributed by atoms with van der Waals surface area (Å²) < 4.78 is 5.37. The van der Waals surface area contributed by atoms with E-state index in [9.17, 15) is 14.4 Å². The average molecular weight is 468 g/mol. The van der Waals surface area contributed by atoms with Crippen molar-refractivity contribution in [3.8, 4) is 0 Å². The van der Waals surface area contributed by atoms with Gasteiger partial charge in [0.15, 0.2) is 0 Å². The first-order chi connectivity index (χ1) is 16.0. The van der Waals surface area contributed by atoms with Crippen LogP contribution < -0.4 is 4.90 Å². The molecule has 2 fully saturated rings. The van der Waals surface area contributed by atoms with E-state index in [0.29, 0.717) is 49.0 Å². The number of ether oxygens (including phenoxy) is 1. The van der Waals surface area contributed by atoms with E-state index in [4.69, 9.17) is 16.3 Å². The van der Waals surface area contributed by atoms with Crippen molar-refractivity contribution in [2.75, 3.05) is 44.3 Å². The molecule has 3 amide bonds. The van der Waals surface area contributed by atoms with Crippen LogP contribution in [-0.4, -0.2) is 66.9 Å². The molecule has 3 heterocycles. The Morgan fingerprint density at radius 2 is 1.79 bits per heavy atom. The summed E-state index contributed by atoms with van der Waals surface area (Å²) in [6.45, 7) is 3.82. The number of rotatable bonds is 4. The first-order valence-corrected chi connectivity index (χ1v) is 11.8. The minimum Gasteiger partial charge on any atom is -0.378 e. The van der Waals surface area contributed by atoms with Gasteiger partial charge < -0.3 is 14.5 Å². The predicted octanol–water partition coefficient (Wildman–Crippen LogP) is 3.21. The molecule has 7 nitrogen and oxygen atoms in total. The molecule has 0 radical (unpaired) electrons. The van der Waals surface area contributed by atoms with Gasteiger partial charge in [-0.2, -0.15) is 0 Å². The summed E-state index contributed by atoms with van der Waals surface area (Å²) in [5.74, 6) is -0.598. The maximum Gasteiger partial charge on any atom is 0.263 e. The van der Waals surface area contributed by atoms with Crippen molar-refractivity contribution in [3.05, 3.63) is 64.2 Å². The van der Waals surface area contributed by atoms with Gasteiger partial charge in [-0.1, -0.05) is 35.9 Å². The molecule has 2 aromatic carbocycles. The Labute approximate surface area is 197 Å². The molecular weight excluding hydrogens is 442 g/mol. The van der Waals surface area contributed by atoms with Gasteiger partial charge in [-0.3, -0.25) is 19.3 Å². The van der Waals surface area contributed by atoms with E-state index in [-0.39, 0.29) is 30.2 Å². The largest absolute Gasteiger partial charge is 0.378 e. The molecule has 5 rings (SSSR count). The summed E-state index contributed by atoms with van der Waals surface area (Å²) >= 11 is 6.27. The summed E-state index contributed by atoms with van der Waals surface area (Å²) in [5, 5.41) is 0.523. The third-order valence-corrected chi connectivity index (χ3v) is 7.07. The summed E-state index contributed by atoms with van der Waals surface area (Å²) in [4.78, 5) is 44.8. The maximum absolute atomic E-state index is 13.4. The molecule has 2 saturated heterocycles. The normalized spacial score (nSPS) is 20.9. The number of benzene rings is 2. The SMILES string of the molecule is O=C([C@H]1CCCN(c2cccc3c2C(=O)N(Cc2ccccc2Cl)C3=O)C1)N1CCOCC1. The molecular formula is C25H26ClN3O4. The van der Waals surface area contributed by atoms with Gasteiger partial charge in [0, 0.05) is 31.2 Å². The number of fused-ring (bicyclic) bond motifs is 1. The van der Waals surface area contributed by atoms with Crippen molar-refractivity contribution in [2.45, 2.75) is 19.4 Å². The van der Waals surface area contributed by atoms with Crippen molar-refractivity contribution >= 4 is 35.0 Å². The molecule has 0 aromatic heterocycles. The number of amides is 3. The van der Waals surface area contributed by atoms with E-state index in [2.05, 4.69) is 4.90 Å². The van der Waals surface area contributed by atoms with Crippen molar-refractivity contribution < 1.29 is 19.1 Å². The van der Waals surface area contributed by atoms with Crippen LogP contribution >= 0.6 is 11.6 Å². The topological polar surface area (TPSA) is 70.2 Å². The van der Waals surface area contributed by atoms with Gasteiger partial charge in [-0.15, -0.1) is 0 Å². The average Bonchev–Trinajstić information content (AvgIpc) is 3.10. The molecule has 172 valence electrons. The minimum absolute atomic E-state index is 0.126. The lowest BCUT2D eigenvalue weighted by Gasteiger charge is -2.37. The maximum atomic E-state index is 13.4. The van der Waals surface area contributed by atoms with E-state index >= 15 is 0 Å². The van der Waals surface area contributed by atoms with Crippen LogP contribution in [0.4, 0.5) is 5.69 Å². The number of carbonyl (C=O) groups excluding carboxylic acids is 3. The van der Waals surface area contributed by atoms with Gasteiger partial charge >= 0.3 is 0 Å². The fourth-order valence-electron chi connectivity index (χ4n) is 4.96.